The van der Waals surface area contributed by atoms with Crippen molar-refractivity contribution in [2.45, 2.75) is 25.9 Å². The van der Waals surface area contributed by atoms with Crippen LogP contribution < -0.4 is 19.9 Å². The van der Waals surface area contributed by atoms with Crippen LogP contribution in [-0.4, -0.2) is 55.7 Å². The lowest BCUT2D eigenvalue weighted by atomic mass is 9.97. The minimum Gasteiger partial charge on any atom is -0.493 e. The van der Waals surface area contributed by atoms with Crippen molar-refractivity contribution in [1.29, 1.82) is 0 Å². The van der Waals surface area contributed by atoms with Crippen LogP contribution >= 0.6 is 0 Å². The van der Waals surface area contributed by atoms with Gasteiger partial charge in [0.2, 0.25) is 11.7 Å². The van der Waals surface area contributed by atoms with Crippen LogP contribution in [0.2, 0.25) is 0 Å². The average Bonchev–Trinajstić information content (AvgIpc) is 2.65. The lowest BCUT2D eigenvalue weighted by Gasteiger charge is -2.31. The number of nitrogens with zero attached hydrogens (tertiary/aromatic N) is 1. The average molecular weight is 366 g/mol. The number of primary amides is 1. The number of amides is 2. The number of likely N-dealkylation sites (tertiary alicyclic amines) is 1. The highest BCUT2D eigenvalue weighted by molar-refractivity contribution is 5.81. The van der Waals surface area contributed by atoms with E-state index in [1.807, 2.05) is 0 Å². The van der Waals surface area contributed by atoms with Gasteiger partial charge in [-0.05, 0) is 37.5 Å². The molecule has 0 aliphatic carbocycles. The first kappa shape index (κ1) is 19.8. The van der Waals surface area contributed by atoms with Crippen molar-refractivity contribution < 1.29 is 28.9 Å². The van der Waals surface area contributed by atoms with Crippen molar-refractivity contribution >= 4 is 11.8 Å². The molecule has 8 heteroatoms. The third-order valence-electron chi connectivity index (χ3n) is 4.48. The van der Waals surface area contributed by atoms with E-state index in [9.17, 15) is 14.7 Å². The van der Waals surface area contributed by atoms with Gasteiger partial charge in [0.1, 0.15) is 0 Å². The molecule has 1 saturated heterocycles. The molecule has 1 heterocycles. The molecule has 144 valence electrons. The molecule has 1 aromatic rings. The molecule has 0 radical (unpaired) electrons. The number of carbonyl (C=O) groups excluding carboxylic acids is 2. The van der Waals surface area contributed by atoms with Gasteiger partial charge in [-0.1, -0.05) is 0 Å². The van der Waals surface area contributed by atoms with Gasteiger partial charge in [-0.2, -0.15) is 0 Å². The fourth-order valence-corrected chi connectivity index (χ4v) is 2.94. The SMILES string of the molecule is COc1cc(C(C)O)cc(OC)c1OCC(=O)N1CCCC(C(N)=O)C1. The first-order valence-corrected chi connectivity index (χ1v) is 8.51. The van der Waals surface area contributed by atoms with E-state index in [0.717, 1.165) is 6.42 Å². The highest BCUT2D eigenvalue weighted by Gasteiger charge is 2.27. The summed E-state index contributed by atoms with van der Waals surface area (Å²) >= 11 is 0. The van der Waals surface area contributed by atoms with E-state index >= 15 is 0 Å². The number of hydrogen-bond acceptors (Lipinski definition) is 6. The summed E-state index contributed by atoms with van der Waals surface area (Å²) in [6.45, 7) is 2.30. The Labute approximate surface area is 152 Å². The zero-order valence-corrected chi connectivity index (χ0v) is 15.4. The minimum absolute atomic E-state index is 0.216. The molecule has 2 unspecified atom stereocenters. The molecule has 2 amide bonds. The number of aliphatic hydroxyl groups is 1. The summed E-state index contributed by atoms with van der Waals surface area (Å²) in [6, 6.07) is 3.27. The zero-order chi connectivity index (χ0) is 19.3. The van der Waals surface area contributed by atoms with Crippen LogP contribution in [0.5, 0.6) is 17.2 Å². The van der Waals surface area contributed by atoms with E-state index in [2.05, 4.69) is 0 Å². The third kappa shape index (κ3) is 4.57. The smallest absolute Gasteiger partial charge is 0.260 e. The largest absolute Gasteiger partial charge is 0.493 e. The summed E-state index contributed by atoms with van der Waals surface area (Å²) in [5.74, 6) is 0.0712. The molecule has 1 aromatic carbocycles. The van der Waals surface area contributed by atoms with E-state index in [1.54, 1.807) is 24.0 Å². The predicted octanol–water partition coefficient (Wildman–Crippen LogP) is 0.860. The van der Waals surface area contributed by atoms with Gasteiger partial charge < -0.3 is 30.0 Å². The Hall–Kier alpha value is -2.48. The van der Waals surface area contributed by atoms with Crippen LogP contribution in [0.1, 0.15) is 31.4 Å². The highest BCUT2D eigenvalue weighted by atomic mass is 16.5. The number of methoxy groups -OCH3 is 2. The summed E-state index contributed by atoms with van der Waals surface area (Å²) in [5.41, 5.74) is 5.96. The molecule has 0 spiro atoms. The number of hydrogen-bond donors (Lipinski definition) is 2. The van der Waals surface area contributed by atoms with E-state index in [1.165, 1.54) is 14.2 Å². The Morgan fingerprint density at radius 1 is 1.31 bits per heavy atom. The summed E-state index contributed by atoms with van der Waals surface area (Å²) in [4.78, 5) is 25.4. The molecule has 0 bridgehead atoms. The molecule has 0 aromatic heterocycles. The molecule has 8 nitrogen and oxygen atoms in total. The van der Waals surface area contributed by atoms with Crippen LogP contribution in [0.15, 0.2) is 12.1 Å². The Balaban J connectivity index is 2.10. The van der Waals surface area contributed by atoms with E-state index in [-0.39, 0.29) is 30.1 Å². The monoisotopic (exact) mass is 366 g/mol. The number of piperidine rings is 1. The van der Waals surface area contributed by atoms with Gasteiger partial charge >= 0.3 is 0 Å². The molecular weight excluding hydrogens is 340 g/mol. The molecular formula is C18H26N2O6. The van der Waals surface area contributed by atoms with Crippen molar-refractivity contribution in [1.82, 2.24) is 4.90 Å². The van der Waals surface area contributed by atoms with Gasteiger partial charge in [-0.25, -0.2) is 0 Å². The van der Waals surface area contributed by atoms with E-state index < -0.39 is 6.10 Å². The summed E-state index contributed by atoms with van der Waals surface area (Å²) < 4.78 is 16.3. The van der Waals surface area contributed by atoms with Crippen molar-refractivity contribution in [2.75, 3.05) is 33.9 Å². The van der Waals surface area contributed by atoms with E-state index in [0.29, 0.717) is 36.6 Å². The minimum atomic E-state index is -0.701. The lowest BCUT2D eigenvalue weighted by molar-refractivity contribution is -0.136. The summed E-state index contributed by atoms with van der Waals surface area (Å²) in [6.07, 6.45) is 0.727. The van der Waals surface area contributed by atoms with Crippen LogP contribution in [0, 0.1) is 5.92 Å². The zero-order valence-electron chi connectivity index (χ0n) is 15.4. The van der Waals surface area contributed by atoms with Gasteiger partial charge in [0.05, 0.1) is 26.2 Å². The Bertz CT molecular complexity index is 636. The highest BCUT2D eigenvalue weighted by Crippen LogP contribution is 2.40. The molecule has 0 saturated carbocycles. The lowest BCUT2D eigenvalue weighted by Crippen LogP contribution is -2.45. The van der Waals surface area contributed by atoms with Crippen molar-refractivity contribution in [3.63, 3.8) is 0 Å². The fourth-order valence-electron chi connectivity index (χ4n) is 2.94. The maximum atomic E-state index is 12.4. The second kappa shape index (κ2) is 8.75. The molecule has 1 aliphatic rings. The number of ether oxygens (including phenoxy) is 3. The summed E-state index contributed by atoms with van der Waals surface area (Å²) in [7, 11) is 2.94. The summed E-state index contributed by atoms with van der Waals surface area (Å²) in [5, 5.41) is 9.76. The molecule has 1 fully saturated rings. The Morgan fingerprint density at radius 2 is 1.92 bits per heavy atom. The van der Waals surface area contributed by atoms with E-state index in [4.69, 9.17) is 19.9 Å². The maximum Gasteiger partial charge on any atom is 0.260 e. The first-order chi connectivity index (χ1) is 12.4. The van der Waals surface area contributed by atoms with Crippen LogP contribution in [0.3, 0.4) is 0 Å². The number of rotatable bonds is 7. The Morgan fingerprint density at radius 3 is 2.42 bits per heavy atom. The standard InChI is InChI=1S/C18H26N2O6/c1-11(21)13-7-14(24-2)17(15(8-13)25-3)26-10-16(22)20-6-4-5-12(9-20)18(19)23/h7-8,11-12,21H,4-6,9-10H2,1-3H3,(H2,19,23). The number of aliphatic hydroxyl groups excluding tert-OH is 1. The second-order valence-electron chi connectivity index (χ2n) is 6.30. The van der Waals surface area contributed by atoms with Crippen molar-refractivity contribution in [3.05, 3.63) is 17.7 Å². The fraction of sp³-hybridized carbons (Fsp3) is 0.556. The quantitative estimate of drug-likeness (QED) is 0.740. The molecule has 1 aliphatic heterocycles. The Kier molecular flexibility index (Phi) is 6.68. The van der Waals surface area contributed by atoms with Crippen LogP contribution in [0.4, 0.5) is 0 Å². The van der Waals surface area contributed by atoms with Gasteiger partial charge in [-0.15, -0.1) is 0 Å². The molecule has 2 rings (SSSR count). The van der Waals surface area contributed by atoms with Gasteiger partial charge in [0.15, 0.2) is 18.1 Å². The number of benzene rings is 1. The second-order valence-corrected chi connectivity index (χ2v) is 6.30. The van der Waals surface area contributed by atoms with Gasteiger partial charge in [-0.3, -0.25) is 9.59 Å². The molecule has 2 atom stereocenters. The van der Waals surface area contributed by atoms with Crippen LogP contribution in [0.25, 0.3) is 0 Å². The number of carbonyl (C=O) groups is 2. The van der Waals surface area contributed by atoms with Crippen LogP contribution in [-0.2, 0) is 9.59 Å². The first-order valence-electron chi connectivity index (χ1n) is 8.51. The molecule has 26 heavy (non-hydrogen) atoms. The van der Waals surface area contributed by atoms with Crippen molar-refractivity contribution in [2.24, 2.45) is 11.7 Å². The topological polar surface area (TPSA) is 111 Å². The third-order valence-corrected chi connectivity index (χ3v) is 4.48. The number of nitrogens with two attached hydrogens (primary N) is 1. The normalized spacial score (nSPS) is 18.2. The predicted molar refractivity (Wildman–Crippen MR) is 94.2 cm³/mol. The maximum absolute atomic E-state index is 12.4. The van der Waals surface area contributed by atoms with Gasteiger partial charge in [0, 0.05) is 13.1 Å². The van der Waals surface area contributed by atoms with Gasteiger partial charge in [0.25, 0.3) is 5.91 Å². The van der Waals surface area contributed by atoms with Crippen molar-refractivity contribution in [3.8, 4) is 17.2 Å². The molecule has 3 N–H and O–H groups in total.